The zero-order chi connectivity index (χ0) is 20.9. The van der Waals surface area contributed by atoms with E-state index in [0.717, 1.165) is 41.3 Å². The van der Waals surface area contributed by atoms with Gasteiger partial charge in [0.2, 0.25) is 0 Å². The zero-order valence-corrected chi connectivity index (χ0v) is 17.6. The van der Waals surface area contributed by atoms with Crippen LogP contribution >= 0.6 is 11.8 Å². The van der Waals surface area contributed by atoms with Gasteiger partial charge in [0.1, 0.15) is 5.82 Å². The highest BCUT2D eigenvalue weighted by Crippen LogP contribution is 2.36. The molecule has 1 aliphatic rings. The highest BCUT2D eigenvalue weighted by Gasteiger charge is 2.26. The second-order valence-electron chi connectivity index (χ2n) is 7.37. The molecule has 2 heterocycles. The number of aryl methyl sites for hydroxylation is 1. The summed E-state index contributed by atoms with van der Waals surface area (Å²) in [7, 11) is 0. The molecule has 0 fully saturated rings. The van der Waals surface area contributed by atoms with Gasteiger partial charge < -0.3 is 10.6 Å². The number of amides is 2. The summed E-state index contributed by atoms with van der Waals surface area (Å²) in [6, 6.07) is 19.6. The molecule has 0 unspecified atom stereocenters. The van der Waals surface area contributed by atoms with Crippen molar-refractivity contribution in [2.24, 2.45) is 0 Å². The molecule has 3 aromatic rings. The van der Waals surface area contributed by atoms with Crippen LogP contribution in [-0.4, -0.2) is 27.6 Å². The maximum absolute atomic E-state index is 12.6. The SMILES string of the molecule is C[C@H](CCc1ccccc1)NC(=O)C(=O)Nc1c2c(nn1-c1ccccc1)CSC2. The molecule has 6 nitrogen and oxygen atoms in total. The quantitative estimate of drug-likeness (QED) is 0.597. The number of carbonyl (C=O) groups is 2. The Morgan fingerprint density at radius 1 is 1.03 bits per heavy atom. The van der Waals surface area contributed by atoms with Crippen molar-refractivity contribution in [1.82, 2.24) is 15.1 Å². The van der Waals surface area contributed by atoms with Crippen LogP contribution in [0, 0.1) is 0 Å². The normalized spacial score (nSPS) is 13.5. The molecule has 2 amide bonds. The van der Waals surface area contributed by atoms with Gasteiger partial charge in [-0.15, -0.1) is 0 Å². The maximum atomic E-state index is 12.6. The molecule has 2 N–H and O–H groups in total. The first-order valence-corrected chi connectivity index (χ1v) is 11.2. The van der Waals surface area contributed by atoms with Gasteiger partial charge >= 0.3 is 11.8 Å². The number of para-hydroxylation sites is 1. The highest BCUT2D eigenvalue weighted by molar-refractivity contribution is 7.98. The summed E-state index contributed by atoms with van der Waals surface area (Å²) < 4.78 is 1.72. The largest absolute Gasteiger partial charge is 0.345 e. The van der Waals surface area contributed by atoms with Gasteiger partial charge in [-0.3, -0.25) is 9.59 Å². The summed E-state index contributed by atoms with van der Waals surface area (Å²) in [5.41, 5.74) is 4.00. The summed E-state index contributed by atoms with van der Waals surface area (Å²) in [6.45, 7) is 1.91. The van der Waals surface area contributed by atoms with Crippen LogP contribution in [0.25, 0.3) is 5.69 Å². The van der Waals surface area contributed by atoms with E-state index in [1.54, 1.807) is 16.4 Å². The second kappa shape index (κ2) is 9.17. The Kier molecular flexibility index (Phi) is 6.18. The van der Waals surface area contributed by atoms with Crippen molar-refractivity contribution in [1.29, 1.82) is 0 Å². The van der Waals surface area contributed by atoms with Crippen LogP contribution in [0.15, 0.2) is 60.7 Å². The fourth-order valence-corrected chi connectivity index (χ4v) is 4.49. The lowest BCUT2D eigenvalue weighted by molar-refractivity contribution is -0.136. The molecular formula is C23H24N4O2S. The third-order valence-electron chi connectivity index (χ3n) is 5.08. The molecule has 1 aromatic heterocycles. The molecule has 7 heteroatoms. The molecule has 154 valence electrons. The van der Waals surface area contributed by atoms with Gasteiger partial charge in [0.25, 0.3) is 0 Å². The fourth-order valence-electron chi connectivity index (χ4n) is 3.45. The molecule has 0 radical (unpaired) electrons. The lowest BCUT2D eigenvalue weighted by Crippen LogP contribution is -2.41. The van der Waals surface area contributed by atoms with E-state index in [0.29, 0.717) is 5.82 Å². The topological polar surface area (TPSA) is 76.0 Å². The molecule has 0 spiro atoms. The Labute approximate surface area is 180 Å². The Bertz CT molecular complexity index is 1030. The van der Waals surface area contributed by atoms with E-state index in [-0.39, 0.29) is 6.04 Å². The molecule has 1 aliphatic heterocycles. The van der Waals surface area contributed by atoms with Crippen molar-refractivity contribution in [3.63, 3.8) is 0 Å². The van der Waals surface area contributed by atoms with Crippen LogP contribution < -0.4 is 10.6 Å². The molecule has 30 heavy (non-hydrogen) atoms. The Hall–Kier alpha value is -3.06. The summed E-state index contributed by atoms with van der Waals surface area (Å²) in [5, 5.41) is 10.3. The van der Waals surface area contributed by atoms with Crippen molar-refractivity contribution >= 4 is 29.4 Å². The van der Waals surface area contributed by atoms with Crippen LogP contribution in [0.2, 0.25) is 0 Å². The van der Waals surface area contributed by atoms with Crippen LogP contribution in [0.3, 0.4) is 0 Å². The first kappa shape index (κ1) is 20.2. The first-order chi connectivity index (χ1) is 14.6. The van der Waals surface area contributed by atoms with Crippen LogP contribution in [-0.2, 0) is 27.5 Å². The van der Waals surface area contributed by atoms with Crippen LogP contribution in [0.5, 0.6) is 0 Å². The molecular weight excluding hydrogens is 396 g/mol. The fraction of sp³-hybridized carbons (Fsp3) is 0.261. The van der Waals surface area contributed by atoms with Gasteiger partial charge in [-0.2, -0.15) is 16.9 Å². The number of benzene rings is 2. The minimum Gasteiger partial charge on any atom is -0.345 e. The lowest BCUT2D eigenvalue weighted by Gasteiger charge is -2.15. The summed E-state index contributed by atoms with van der Waals surface area (Å²) in [5.74, 6) is 0.862. The zero-order valence-electron chi connectivity index (χ0n) is 16.8. The minimum atomic E-state index is -0.668. The van der Waals surface area contributed by atoms with Crippen molar-refractivity contribution in [3.8, 4) is 5.69 Å². The van der Waals surface area contributed by atoms with E-state index >= 15 is 0 Å². The summed E-state index contributed by atoms with van der Waals surface area (Å²) >= 11 is 1.75. The van der Waals surface area contributed by atoms with E-state index in [9.17, 15) is 9.59 Å². The third-order valence-corrected chi connectivity index (χ3v) is 6.05. The number of rotatable bonds is 6. The van der Waals surface area contributed by atoms with Gasteiger partial charge in [-0.25, -0.2) is 4.68 Å². The number of fused-ring (bicyclic) bond motifs is 1. The Morgan fingerprint density at radius 2 is 1.73 bits per heavy atom. The number of thioether (sulfide) groups is 1. The smallest absolute Gasteiger partial charge is 0.314 e. The van der Waals surface area contributed by atoms with E-state index in [4.69, 9.17) is 0 Å². The molecule has 0 aliphatic carbocycles. The number of nitrogens with one attached hydrogen (secondary N) is 2. The number of carbonyl (C=O) groups excluding carboxylic acids is 2. The number of aromatic nitrogens is 2. The number of hydrogen-bond acceptors (Lipinski definition) is 4. The lowest BCUT2D eigenvalue weighted by atomic mass is 10.1. The van der Waals surface area contributed by atoms with Crippen molar-refractivity contribution in [2.75, 3.05) is 5.32 Å². The number of hydrogen-bond donors (Lipinski definition) is 2. The van der Waals surface area contributed by atoms with Gasteiger partial charge in [0.15, 0.2) is 0 Å². The van der Waals surface area contributed by atoms with E-state index in [2.05, 4.69) is 27.9 Å². The molecule has 4 rings (SSSR count). The molecule has 0 saturated carbocycles. The predicted molar refractivity (Wildman–Crippen MR) is 120 cm³/mol. The third kappa shape index (κ3) is 4.57. The second-order valence-corrected chi connectivity index (χ2v) is 8.35. The van der Waals surface area contributed by atoms with Crippen molar-refractivity contribution < 1.29 is 9.59 Å². The summed E-state index contributed by atoms with van der Waals surface area (Å²) in [4.78, 5) is 25.1. The van der Waals surface area contributed by atoms with E-state index in [1.807, 2.05) is 55.5 Å². The number of anilines is 1. The maximum Gasteiger partial charge on any atom is 0.314 e. The van der Waals surface area contributed by atoms with Gasteiger partial charge in [0, 0.05) is 23.1 Å². The Balaban J connectivity index is 1.42. The van der Waals surface area contributed by atoms with Gasteiger partial charge in [0.05, 0.1) is 11.4 Å². The molecule has 0 saturated heterocycles. The van der Waals surface area contributed by atoms with E-state index in [1.165, 1.54) is 5.56 Å². The molecule has 0 bridgehead atoms. The van der Waals surface area contributed by atoms with Crippen molar-refractivity contribution in [3.05, 3.63) is 77.5 Å². The monoisotopic (exact) mass is 420 g/mol. The minimum absolute atomic E-state index is 0.108. The van der Waals surface area contributed by atoms with Crippen molar-refractivity contribution in [2.45, 2.75) is 37.3 Å². The van der Waals surface area contributed by atoms with Gasteiger partial charge in [-0.05, 0) is 37.5 Å². The molecule has 2 aromatic carbocycles. The van der Waals surface area contributed by atoms with Crippen LogP contribution in [0.4, 0.5) is 5.82 Å². The summed E-state index contributed by atoms with van der Waals surface area (Å²) in [6.07, 6.45) is 1.60. The van der Waals surface area contributed by atoms with Crippen LogP contribution in [0.1, 0.15) is 30.2 Å². The predicted octanol–water partition coefficient (Wildman–Crippen LogP) is 3.70. The van der Waals surface area contributed by atoms with E-state index < -0.39 is 11.8 Å². The number of nitrogens with zero attached hydrogens (tertiary/aromatic N) is 2. The Morgan fingerprint density at radius 3 is 2.47 bits per heavy atom. The molecule has 1 atom stereocenters. The highest BCUT2D eigenvalue weighted by atomic mass is 32.2. The average Bonchev–Trinajstić information content (AvgIpc) is 3.36. The first-order valence-electron chi connectivity index (χ1n) is 10.0. The standard InChI is InChI=1S/C23H24N4O2S/c1-16(12-13-17-8-4-2-5-9-17)24-22(28)23(29)25-21-19-14-30-15-20(19)26-27(21)18-10-6-3-7-11-18/h2-11,16H,12-15H2,1H3,(H,24,28)(H,25,29)/t16-/m1/s1. The average molecular weight is 421 g/mol. The van der Waals surface area contributed by atoms with Gasteiger partial charge in [-0.1, -0.05) is 48.5 Å².